The van der Waals surface area contributed by atoms with E-state index in [1.807, 2.05) is 0 Å². The fourth-order valence-corrected chi connectivity index (χ4v) is 1.44. The fourth-order valence-electron chi connectivity index (χ4n) is 1.44. The van der Waals surface area contributed by atoms with Crippen LogP contribution in [0.4, 0.5) is 13.2 Å². The van der Waals surface area contributed by atoms with Crippen LogP contribution in [0.15, 0.2) is 0 Å². The average molecular weight is 225 g/mol. The van der Waals surface area contributed by atoms with E-state index < -0.39 is 24.0 Å². The van der Waals surface area contributed by atoms with Crippen LogP contribution in [-0.4, -0.2) is 29.7 Å². The van der Waals surface area contributed by atoms with Crippen molar-refractivity contribution in [2.75, 3.05) is 6.54 Å². The number of halogens is 3. The highest BCUT2D eigenvalue weighted by molar-refractivity contribution is 5.81. The van der Waals surface area contributed by atoms with Crippen LogP contribution in [0.2, 0.25) is 0 Å². The monoisotopic (exact) mass is 225 g/mol. The summed E-state index contributed by atoms with van der Waals surface area (Å²) in [7, 11) is 0. The van der Waals surface area contributed by atoms with E-state index in [0.717, 1.165) is 0 Å². The Labute approximate surface area is 83.5 Å². The SMILES string of the molecule is O=C(O)C1CC(CNC(=O)C(F)(F)F)C1. The Morgan fingerprint density at radius 2 is 1.87 bits per heavy atom. The molecule has 0 bridgehead atoms. The molecule has 1 aliphatic rings. The van der Waals surface area contributed by atoms with E-state index in [4.69, 9.17) is 5.11 Å². The molecule has 86 valence electrons. The van der Waals surface area contributed by atoms with Crippen LogP contribution in [0.1, 0.15) is 12.8 Å². The molecule has 0 aromatic carbocycles. The van der Waals surface area contributed by atoms with Crippen LogP contribution in [0, 0.1) is 11.8 Å². The van der Waals surface area contributed by atoms with Crippen LogP contribution in [0.25, 0.3) is 0 Å². The molecule has 1 aliphatic carbocycles. The predicted molar refractivity (Wildman–Crippen MR) is 42.9 cm³/mol. The highest BCUT2D eigenvalue weighted by Gasteiger charge is 2.40. The topological polar surface area (TPSA) is 66.4 Å². The van der Waals surface area contributed by atoms with Crippen molar-refractivity contribution >= 4 is 11.9 Å². The summed E-state index contributed by atoms with van der Waals surface area (Å²) < 4.78 is 35.2. The van der Waals surface area contributed by atoms with Crippen molar-refractivity contribution in [1.29, 1.82) is 0 Å². The lowest BCUT2D eigenvalue weighted by molar-refractivity contribution is -0.174. The minimum absolute atomic E-state index is 0.109. The zero-order valence-corrected chi connectivity index (χ0v) is 7.67. The van der Waals surface area contributed by atoms with Gasteiger partial charge in [0, 0.05) is 6.54 Å². The Morgan fingerprint density at radius 1 is 1.33 bits per heavy atom. The molecule has 1 amide bonds. The molecular weight excluding hydrogens is 215 g/mol. The summed E-state index contributed by atoms with van der Waals surface area (Å²) in [5.74, 6) is -3.54. The van der Waals surface area contributed by atoms with Gasteiger partial charge in [-0.15, -0.1) is 0 Å². The Bertz CT molecular complexity index is 271. The number of aliphatic carboxylic acids is 1. The smallest absolute Gasteiger partial charge is 0.471 e. The second kappa shape index (κ2) is 4.08. The van der Waals surface area contributed by atoms with Gasteiger partial charge in [0.1, 0.15) is 0 Å². The van der Waals surface area contributed by atoms with Crippen LogP contribution in [0.3, 0.4) is 0 Å². The summed E-state index contributed by atoms with van der Waals surface area (Å²) in [5.41, 5.74) is 0. The van der Waals surface area contributed by atoms with Gasteiger partial charge in [0.2, 0.25) is 0 Å². The minimum Gasteiger partial charge on any atom is -0.481 e. The molecule has 15 heavy (non-hydrogen) atoms. The number of nitrogens with one attached hydrogen (secondary N) is 1. The van der Waals surface area contributed by atoms with Crippen molar-refractivity contribution < 1.29 is 27.9 Å². The number of carbonyl (C=O) groups is 2. The van der Waals surface area contributed by atoms with E-state index in [1.54, 1.807) is 5.32 Å². The largest absolute Gasteiger partial charge is 0.481 e. The van der Waals surface area contributed by atoms with Gasteiger partial charge in [-0.25, -0.2) is 0 Å². The molecule has 0 heterocycles. The highest BCUT2D eigenvalue weighted by atomic mass is 19.4. The van der Waals surface area contributed by atoms with E-state index in [9.17, 15) is 22.8 Å². The lowest BCUT2D eigenvalue weighted by atomic mass is 9.75. The van der Waals surface area contributed by atoms with Gasteiger partial charge in [-0.1, -0.05) is 0 Å². The predicted octanol–water partition coefficient (Wildman–Crippen LogP) is 0.776. The van der Waals surface area contributed by atoms with Gasteiger partial charge in [-0.2, -0.15) is 13.2 Å². The molecule has 0 atom stereocenters. The number of hydrogen-bond acceptors (Lipinski definition) is 2. The number of rotatable bonds is 3. The third-order valence-corrected chi connectivity index (χ3v) is 2.39. The molecule has 1 rings (SSSR count). The van der Waals surface area contributed by atoms with Crippen LogP contribution >= 0.6 is 0 Å². The van der Waals surface area contributed by atoms with Crippen LogP contribution in [-0.2, 0) is 9.59 Å². The zero-order chi connectivity index (χ0) is 11.6. The molecule has 0 aromatic heterocycles. The van der Waals surface area contributed by atoms with Crippen molar-refractivity contribution in [3.05, 3.63) is 0 Å². The van der Waals surface area contributed by atoms with Crippen molar-refractivity contribution in [3.63, 3.8) is 0 Å². The first kappa shape index (κ1) is 11.8. The van der Waals surface area contributed by atoms with Gasteiger partial charge in [0.05, 0.1) is 5.92 Å². The standard InChI is InChI=1S/C8H10F3NO3/c9-8(10,11)7(15)12-3-4-1-5(2-4)6(13)14/h4-5H,1-3H2,(H,12,15)(H,13,14). The number of alkyl halides is 3. The van der Waals surface area contributed by atoms with E-state index in [2.05, 4.69) is 0 Å². The number of carboxylic acid groups (broad SMARTS) is 1. The molecular formula is C8H10F3NO3. The summed E-state index contributed by atoms with van der Waals surface area (Å²) in [4.78, 5) is 20.7. The molecule has 0 aliphatic heterocycles. The Balaban J connectivity index is 2.19. The van der Waals surface area contributed by atoms with Gasteiger partial charge >= 0.3 is 18.1 Å². The highest BCUT2D eigenvalue weighted by Crippen LogP contribution is 2.33. The zero-order valence-electron chi connectivity index (χ0n) is 7.67. The lowest BCUT2D eigenvalue weighted by Gasteiger charge is -2.32. The lowest BCUT2D eigenvalue weighted by Crippen LogP contribution is -2.43. The number of carboxylic acids is 1. The fraction of sp³-hybridized carbons (Fsp3) is 0.750. The number of hydrogen-bond donors (Lipinski definition) is 2. The summed E-state index contributed by atoms with van der Waals surface area (Å²) >= 11 is 0. The Hall–Kier alpha value is -1.27. The molecule has 0 saturated heterocycles. The maximum absolute atomic E-state index is 11.7. The summed E-state index contributed by atoms with van der Waals surface area (Å²) in [6.07, 6.45) is -4.21. The van der Waals surface area contributed by atoms with Gasteiger partial charge in [0.15, 0.2) is 0 Å². The minimum atomic E-state index is -4.87. The Kier molecular flexibility index (Phi) is 3.21. The average Bonchev–Trinajstić information content (AvgIpc) is 1.98. The molecule has 0 radical (unpaired) electrons. The maximum Gasteiger partial charge on any atom is 0.471 e. The molecule has 2 N–H and O–H groups in total. The van der Waals surface area contributed by atoms with Crippen molar-refractivity contribution in [3.8, 4) is 0 Å². The summed E-state index contributed by atoms with van der Waals surface area (Å²) in [6, 6.07) is 0. The normalized spacial score (nSPS) is 25.5. The molecule has 1 saturated carbocycles. The summed E-state index contributed by atoms with van der Waals surface area (Å²) in [6.45, 7) is -0.109. The molecule has 0 aromatic rings. The van der Waals surface area contributed by atoms with Crippen LogP contribution < -0.4 is 5.32 Å². The number of amides is 1. The van der Waals surface area contributed by atoms with E-state index >= 15 is 0 Å². The van der Waals surface area contributed by atoms with Crippen molar-refractivity contribution in [2.24, 2.45) is 11.8 Å². The second-order valence-corrected chi connectivity index (χ2v) is 3.58. The number of carbonyl (C=O) groups excluding carboxylic acids is 1. The second-order valence-electron chi connectivity index (χ2n) is 3.58. The van der Waals surface area contributed by atoms with Crippen molar-refractivity contribution in [1.82, 2.24) is 5.32 Å². The summed E-state index contributed by atoms with van der Waals surface area (Å²) in [5, 5.41) is 10.2. The molecule has 0 unspecified atom stereocenters. The van der Waals surface area contributed by atoms with Gasteiger partial charge in [-0.3, -0.25) is 9.59 Å². The van der Waals surface area contributed by atoms with Gasteiger partial charge in [-0.05, 0) is 18.8 Å². The quantitative estimate of drug-likeness (QED) is 0.745. The van der Waals surface area contributed by atoms with Crippen LogP contribution in [0.5, 0.6) is 0 Å². The first-order chi connectivity index (χ1) is 6.80. The maximum atomic E-state index is 11.7. The third-order valence-electron chi connectivity index (χ3n) is 2.39. The van der Waals surface area contributed by atoms with E-state index in [1.165, 1.54) is 0 Å². The third kappa shape index (κ3) is 3.10. The Morgan fingerprint density at radius 3 is 2.27 bits per heavy atom. The molecule has 4 nitrogen and oxygen atoms in total. The van der Waals surface area contributed by atoms with Gasteiger partial charge in [0.25, 0.3) is 0 Å². The molecule has 0 spiro atoms. The molecule has 7 heteroatoms. The first-order valence-electron chi connectivity index (χ1n) is 4.38. The van der Waals surface area contributed by atoms with Gasteiger partial charge < -0.3 is 10.4 Å². The first-order valence-corrected chi connectivity index (χ1v) is 4.38. The molecule has 1 fully saturated rings. The van der Waals surface area contributed by atoms with E-state index in [0.29, 0.717) is 12.8 Å². The van der Waals surface area contributed by atoms with Crippen molar-refractivity contribution in [2.45, 2.75) is 19.0 Å². The van der Waals surface area contributed by atoms with E-state index in [-0.39, 0.29) is 12.5 Å².